The molecule has 96 valence electrons. The molecule has 2 bridgehead atoms. The van der Waals surface area contributed by atoms with E-state index >= 15 is 0 Å². The molecule has 1 aromatic rings. The fourth-order valence-electron chi connectivity index (χ4n) is 3.15. The van der Waals surface area contributed by atoms with E-state index in [0.717, 1.165) is 18.5 Å². The van der Waals surface area contributed by atoms with Crippen LogP contribution in [-0.4, -0.2) is 30.1 Å². The van der Waals surface area contributed by atoms with Crippen LogP contribution in [0.2, 0.25) is 0 Å². The minimum Gasteiger partial charge on any atom is -0.508 e. The highest BCUT2D eigenvalue weighted by Crippen LogP contribution is 2.35. The van der Waals surface area contributed by atoms with Gasteiger partial charge in [-0.15, -0.1) is 0 Å². The van der Waals surface area contributed by atoms with Crippen LogP contribution in [0.25, 0.3) is 0 Å². The van der Waals surface area contributed by atoms with Crippen LogP contribution in [0.5, 0.6) is 5.75 Å². The smallest absolute Gasteiger partial charge is 0.231 e. The maximum absolute atomic E-state index is 12.4. The highest BCUT2D eigenvalue weighted by Gasteiger charge is 2.43. The van der Waals surface area contributed by atoms with Crippen LogP contribution >= 0.6 is 0 Å². The molecular weight excluding hydrogens is 228 g/mol. The third-order valence-electron chi connectivity index (χ3n) is 4.18. The lowest BCUT2D eigenvalue weighted by Crippen LogP contribution is -2.38. The number of nitrogens with zero attached hydrogens (tertiary/aromatic N) is 1. The van der Waals surface area contributed by atoms with E-state index in [2.05, 4.69) is 5.32 Å². The largest absolute Gasteiger partial charge is 0.508 e. The zero-order valence-electron chi connectivity index (χ0n) is 10.5. The molecule has 2 saturated heterocycles. The molecular formula is C14H18N2O2. The molecule has 2 N–H and O–H groups in total. The molecule has 2 heterocycles. The molecule has 1 aromatic carbocycles. The lowest BCUT2D eigenvalue weighted by molar-refractivity contribution is -0.122. The second-order valence-corrected chi connectivity index (χ2v) is 5.30. The van der Waals surface area contributed by atoms with Gasteiger partial charge in [-0.2, -0.15) is 0 Å². The molecule has 2 fully saturated rings. The summed E-state index contributed by atoms with van der Waals surface area (Å²) in [5, 5.41) is 12.7. The molecule has 4 nitrogen and oxygen atoms in total. The quantitative estimate of drug-likeness (QED) is 0.831. The van der Waals surface area contributed by atoms with Crippen molar-refractivity contribution in [3.8, 4) is 5.75 Å². The number of benzene rings is 1. The number of hydrogen-bond acceptors (Lipinski definition) is 3. The highest BCUT2D eigenvalue weighted by atomic mass is 16.3. The number of nitrogens with one attached hydrogen (secondary N) is 1. The van der Waals surface area contributed by atoms with Crippen molar-refractivity contribution in [2.75, 3.05) is 11.9 Å². The number of carbonyl (C=O) groups excluding carboxylic acids is 1. The van der Waals surface area contributed by atoms with Crippen LogP contribution in [0, 0.1) is 5.92 Å². The van der Waals surface area contributed by atoms with Gasteiger partial charge in [-0.1, -0.05) is 0 Å². The van der Waals surface area contributed by atoms with Crippen LogP contribution in [0.3, 0.4) is 0 Å². The first-order valence-electron chi connectivity index (χ1n) is 6.48. The minimum absolute atomic E-state index is 0.113. The zero-order chi connectivity index (χ0) is 12.7. The predicted molar refractivity (Wildman–Crippen MR) is 69.6 cm³/mol. The summed E-state index contributed by atoms with van der Waals surface area (Å²) in [7, 11) is 1.81. The summed E-state index contributed by atoms with van der Waals surface area (Å²) in [6.07, 6.45) is 3.29. The van der Waals surface area contributed by atoms with Crippen molar-refractivity contribution in [2.24, 2.45) is 5.92 Å². The molecule has 3 unspecified atom stereocenters. The Hall–Kier alpha value is -1.55. The van der Waals surface area contributed by atoms with Gasteiger partial charge >= 0.3 is 0 Å². The standard InChI is InChI=1S/C14H18N2O2/c1-16(10-3-5-11(17)6-4-10)14(18)12-8-9-2-7-13(12)15-9/h3-6,9,12-13,15,17H,2,7-8H2,1H3. The number of carbonyl (C=O) groups is 1. The Morgan fingerprint density at radius 1 is 1.33 bits per heavy atom. The molecule has 0 radical (unpaired) electrons. The number of phenols is 1. The third kappa shape index (κ3) is 1.86. The fraction of sp³-hybridized carbons (Fsp3) is 0.500. The van der Waals surface area contributed by atoms with Gasteiger partial charge in [0.05, 0.1) is 5.92 Å². The highest BCUT2D eigenvalue weighted by molar-refractivity contribution is 5.95. The number of rotatable bonds is 2. The van der Waals surface area contributed by atoms with Gasteiger partial charge in [0.25, 0.3) is 0 Å². The SMILES string of the molecule is CN(C(=O)C1CC2CCC1N2)c1ccc(O)cc1. The monoisotopic (exact) mass is 246 g/mol. The summed E-state index contributed by atoms with van der Waals surface area (Å²) >= 11 is 0. The Morgan fingerprint density at radius 2 is 2.06 bits per heavy atom. The van der Waals surface area contributed by atoms with E-state index < -0.39 is 0 Å². The molecule has 0 aromatic heterocycles. The first-order valence-corrected chi connectivity index (χ1v) is 6.48. The third-order valence-corrected chi connectivity index (χ3v) is 4.18. The lowest BCUT2D eigenvalue weighted by atomic mass is 9.88. The van der Waals surface area contributed by atoms with Gasteiger partial charge in [-0.25, -0.2) is 0 Å². The number of aromatic hydroxyl groups is 1. The Kier molecular flexibility index (Phi) is 2.74. The van der Waals surface area contributed by atoms with Crippen LogP contribution in [0.4, 0.5) is 5.69 Å². The number of amides is 1. The Bertz CT molecular complexity index is 457. The van der Waals surface area contributed by atoms with Crippen LogP contribution < -0.4 is 10.2 Å². The Labute approximate surface area is 107 Å². The second kappa shape index (κ2) is 4.28. The van der Waals surface area contributed by atoms with E-state index in [1.54, 1.807) is 36.2 Å². The second-order valence-electron chi connectivity index (χ2n) is 5.30. The van der Waals surface area contributed by atoms with E-state index in [1.807, 2.05) is 0 Å². The molecule has 0 spiro atoms. The van der Waals surface area contributed by atoms with Gasteiger partial charge in [-0.3, -0.25) is 4.79 Å². The van der Waals surface area contributed by atoms with Crippen molar-refractivity contribution in [3.63, 3.8) is 0 Å². The van der Waals surface area contributed by atoms with E-state index in [-0.39, 0.29) is 17.6 Å². The molecule has 1 amide bonds. The predicted octanol–water partition coefficient (Wildman–Crippen LogP) is 1.50. The van der Waals surface area contributed by atoms with Gasteiger partial charge in [0.15, 0.2) is 0 Å². The van der Waals surface area contributed by atoms with E-state index in [4.69, 9.17) is 0 Å². The number of fused-ring (bicyclic) bond motifs is 2. The van der Waals surface area contributed by atoms with Gasteiger partial charge in [-0.05, 0) is 43.5 Å². The number of phenolic OH excluding ortho intramolecular Hbond substituents is 1. The molecule has 0 saturated carbocycles. The summed E-state index contributed by atoms with van der Waals surface area (Å²) in [5.74, 6) is 0.518. The summed E-state index contributed by atoms with van der Waals surface area (Å²) in [6, 6.07) is 7.66. The van der Waals surface area contributed by atoms with Gasteiger partial charge in [0.1, 0.15) is 5.75 Å². The zero-order valence-corrected chi connectivity index (χ0v) is 10.5. The maximum Gasteiger partial charge on any atom is 0.231 e. The van der Waals surface area contributed by atoms with Crippen molar-refractivity contribution < 1.29 is 9.90 Å². The molecule has 0 aliphatic carbocycles. The lowest BCUT2D eigenvalue weighted by Gasteiger charge is -2.25. The van der Waals surface area contributed by atoms with Crippen LogP contribution in [0.15, 0.2) is 24.3 Å². The maximum atomic E-state index is 12.4. The van der Waals surface area contributed by atoms with Crippen molar-refractivity contribution in [3.05, 3.63) is 24.3 Å². The molecule has 3 rings (SSSR count). The first-order chi connectivity index (χ1) is 8.65. The summed E-state index contributed by atoms with van der Waals surface area (Å²) in [5.41, 5.74) is 0.834. The minimum atomic E-state index is 0.113. The molecule has 2 aliphatic rings. The average Bonchev–Trinajstić information content (AvgIpc) is 3.00. The molecule has 4 heteroatoms. The topological polar surface area (TPSA) is 52.6 Å². The number of hydrogen-bond donors (Lipinski definition) is 2. The molecule has 2 aliphatic heterocycles. The van der Waals surface area contributed by atoms with E-state index in [0.29, 0.717) is 12.1 Å². The van der Waals surface area contributed by atoms with Crippen molar-refractivity contribution >= 4 is 11.6 Å². The van der Waals surface area contributed by atoms with Gasteiger partial charge < -0.3 is 15.3 Å². The van der Waals surface area contributed by atoms with Gasteiger partial charge in [0.2, 0.25) is 5.91 Å². The first kappa shape index (κ1) is 11.5. The average molecular weight is 246 g/mol. The Morgan fingerprint density at radius 3 is 2.61 bits per heavy atom. The van der Waals surface area contributed by atoms with Gasteiger partial charge in [0, 0.05) is 24.8 Å². The van der Waals surface area contributed by atoms with Crippen LogP contribution in [0.1, 0.15) is 19.3 Å². The normalized spacial score (nSPS) is 29.5. The van der Waals surface area contributed by atoms with Crippen molar-refractivity contribution in [1.82, 2.24) is 5.32 Å². The summed E-state index contributed by atoms with van der Waals surface area (Å²) in [4.78, 5) is 14.1. The number of anilines is 1. The molecule has 3 atom stereocenters. The fourth-order valence-corrected chi connectivity index (χ4v) is 3.15. The van der Waals surface area contributed by atoms with Crippen molar-refractivity contribution in [2.45, 2.75) is 31.3 Å². The van der Waals surface area contributed by atoms with Crippen molar-refractivity contribution in [1.29, 1.82) is 0 Å². The van der Waals surface area contributed by atoms with E-state index in [1.165, 1.54) is 6.42 Å². The molecule has 18 heavy (non-hydrogen) atoms. The van der Waals surface area contributed by atoms with E-state index in [9.17, 15) is 9.90 Å². The summed E-state index contributed by atoms with van der Waals surface area (Å²) < 4.78 is 0. The van der Waals surface area contributed by atoms with Crippen LogP contribution in [-0.2, 0) is 4.79 Å². The summed E-state index contributed by atoms with van der Waals surface area (Å²) in [6.45, 7) is 0. The Balaban J connectivity index is 1.74.